The van der Waals surface area contributed by atoms with Gasteiger partial charge in [0.15, 0.2) is 0 Å². The first-order chi connectivity index (χ1) is 14.6. The van der Waals surface area contributed by atoms with Crippen molar-refractivity contribution in [3.05, 3.63) is 94.2 Å². The molecular formula is C24H27N3O2S. The van der Waals surface area contributed by atoms with Crippen molar-refractivity contribution in [2.75, 3.05) is 0 Å². The van der Waals surface area contributed by atoms with Gasteiger partial charge in [-0.1, -0.05) is 66.7 Å². The van der Waals surface area contributed by atoms with Gasteiger partial charge in [0.1, 0.15) is 0 Å². The van der Waals surface area contributed by atoms with Crippen molar-refractivity contribution in [2.24, 2.45) is 5.73 Å². The van der Waals surface area contributed by atoms with Gasteiger partial charge < -0.3 is 16.4 Å². The van der Waals surface area contributed by atoms with Crippen LogP contribution in [0, 0.1) is 0 Å². The molecule has 0 aliphatic heterocycles. The summed E-state index contributed by atoms with van der Waals surface area (Å²) in [5, 5.41) is 7.75. The predicted octanol–water partition coefficient (Wildman–Crippen LogP) is 4.73. The summed E-state index contributed by atoms with van der Waals surface area (Å²) in [7, 11) is 0. The van der Waals surface area contributed by atoms with Crippen LogP contribution >= 0.6 is 11.3 Å². The van der Waals surface area contributed by atoms with E-state index in [9.17, 15) is 9.59 Å². The van der Waals surface area contributed by atoms with E-state index < -0.39 is 12.1 Å². The highest BCUT2D eigenvalue weighted by Gasteiger charge is 2.21. The molecule has 3 rings (SSSR count). The van der Waals surface area contributed by atoms with Gasteiger partial charge >= 0.3 is 6.03 Å². The van der Waals surface area contributed by atoms with Gasteiger partial charge in [-0.25, -0.2) is 4.79 Å². The Kier molecular flexibility index (Phi) is 8.03. The lowest BCUT2D eigenvalue weighted by Gasteiger charge is -2.22. The Labute approximate surface area is 181 Å². The van der Waals surface area contributed by atoms with Crippen LogP contribution in [0.3, 0.4) is 0 Å². The fraction of sp³-hybridized carbons (Fsp3) is 0.250. The molecule has 1 aromatic heterocycles. The Morgan fingerprint density at radius 1 is 0.867 bits per heavy atom. The van der Waals surface area contributed by atoms with E-state index in [-0.39, 0.29) is 18.4 Å². The lowest BCUT2D eigenvalue weighted by Crippen LogP contribution is -2.37. The first-order valence-electron chi connectivity index (χ1n) is 10.1. The van der Waals surface area contributed by atoms with E-state index in [1.807, 2.05) is 66.0 Å². The fourth-order valence-corrected chi connectivity index (χ4v) is 4.26. The summed E-state index contributed by atoms with van der Waals surface area (Å²) in [5.74, 6) is -0.115. The zero-order valence-corrected chi connectivity index (χ0v) is 17.6. The number of rotatable bonds is 10. The molecule has 6 heteroatoms. The summed E-state index contributed by atoms with van der Waals surface area (Å²) >= 11 is 1.49. The average molecular weight is 422 g/mol. The monoisotopic (exact) mass is 421 g/mol. The molecule has 1 heterocycles. The summed E-state index contributed by atoms with van der Waals surface area (Å²) in [6.45, 7) is 0. The number of amides is 3. The topological polar surface area (TPSA) is 84.2 Å². The van der Waals surface area contributed by atoms with Crippen LogP contribution < -0.4 is 16.4 Å². The molecule has 5 nitrogen and oxygen atoms in total. The number of carbonyl (C=O) groups excluding carboxylic acids is 2. The van der Waals surface area contributed by atoms with Crippen molar-refractivity contribution in [2.45, 2.75) is 37.8 Å². The summed E-state index contributed by atoms with van der Waals surface area (Å²) in [6, 6.07) is 23.0. The number of nitrogens with two attached hydrogens (primary N) is 1. The first kappa shape index (κ1) is 21.6. The minimum atomic E-state index is -0.635. The van der Waals surface area contributed by atoms with Gasteiger partial charge in [-0.15, -0.1) is 11.3 Å². The van der Waals surface area contributed by atoms with Crippen molar-refractivity contribution in [3.63, 3.8) is 0 Å². The molecule has 0 fully saturated rings. The van der Waals surface area contributed by atoms with E-state index >= 15 is 0 Å². The molecule has 0 radical (unpaired) electrons. The Bertz CT molecular complexity index is 914. The normalized spacial score (nSPS) is 12.7. The zero-order valence-electron chi connectivity index (χ0n) is 16.8. The molecule has 156 valence electrons. The molecule has 2 aromatic carbocycles. The molecule has 0 saturated heterocycles. The van der Waals surface area contributed by atoms with Crippen molar-refractivity contribution in [1.29, 1.82) is 0 Å². The highest BCUT2D eigenvalue weighted by molar-refractivity contribution is 7.10. The number of thiophene rings is 1. The third-order valence-electron chi connectivity index (χ3n) is 4.93. The standard InChI is InChI=1S/C24H27N3O2S/c25-24(29)27-21(22-15-8-16-30-22)17-23(28)26-20(19-12-5-2-6-13-19)14-7-11-18-9-3-1-4-10-18/h1-6,8-10,12-13,15-16,20-21H,7,11,14,17H2,(H,26,28)(H3,25,27,29). The molecule has 2 atom stereocenters. The molecule has 4 N–H and O–H groups in total. The van der Waals surface area contributed by atoms with Crippen LogP contribution in [0.2, 0.25) is 0 Å². The lowest BCUT2D eigenvalue weighted by atomic mass is 9.98. The molecule has 0 saturated carbocycles. The number of carbonyl (C=O) groups is 2. The molecule has 3 aromatic rings. The van der Waals surface area contributed by atoms with Crippen molar-refractivity contribution >= 4 is 23.3 Å². The van der Waals surface area contributed by atoms with Crippen LogP contribution in [-0.4, -0.2) is 11.9 Å². The molecule has 2 unspecified atom stereocenters. The zero-order chi connectivity index (χ0) is 21.2. The molecule has 0 bridgehead atoms. The van der Waals surface area contributed by atoms with E-state index in [2.05, 4.69) is 22.8 Å². The van der Waals surface area contributed by atoms with Crippen LogP contribution in [0.15, 0.2) is 78.2 Å². The van der Waals surface area contributed by atoms with Gasteiger partial charge in [0.25, 0.3) is 0 Å². The van der Waals surface area contributed by atoms with E-state index in [0.29, 0.717) is 0 Å². The quantitative estimate of drug-likeness (QED) is 0.442. The summed E-state index contributed by atoms with van der Waals surface area (Å²) in [4.78, 5) is 25.1. The average Bonchev–Trinajstić information content (AvgIpc) is 3.29. The van der Waals surface area contributed by atoms with Gasteiger partial charge in [0.05, 0.1) is 18.5 Å². The molecular weight excluding hydrogens is 394 g/mol. The smallest absolute Gasteiger partial charge is 0.312 e. The number of benzene rings is 2. The highest BCUT2D eigenvalue weighted by atomic mass is 32.1. The second-order valence-electron chi connectivity index (χ2n) is 7.19. The molecule has 0 spiro atoms. The highest BCUT2D eigenvalue weighted by Crippen LogP contribution is 2.24. The summed E-state index contributed by atoms with van der Waals surface area (Å²) < 4.78 is 0. The molecule has 0 aliphatic rings. The van der Waals surface area contributed by atoms with Crippen molar-refractivity contribution in [1.82, 2.24) is 10.6 Å². The van der Waals surface area contributed by atoms with Gasteiger partial charge in [0, 0.05) is 4.88 Å². The van der Waals surface area contributed by atoms with E-state index in [4.69, 9.17) is 5.73 Å². The van der Waals surface area contributed by atoms with Crippen molar-refractivity contribution < 1.29 is 9.59 Å². The second kappa shape index (κ2) is 11.2. The van der Waals surface area contributed by atoms with Gasteiger partial charge in [0.2, 0.25) is 5.91 Å². The Morgan fingerprint density at radius 2 is 1.57 bits per heavy atom. The van der Waals surface area contributed by atoms with Crippen LogP contribution in [0.25, 0.3) is 0 Å². The molecule has 0 aliphatic carbocycles. The van der Waals surface area contributed by atoms with Gasteiger partial charge in [-0.3, -0.25) is 4.79 Å². The maximum atomic E-state index is 12.8. The fourth-order valence-electron chi connectivity index (χ4n) is 3.49. The number of urea groups is 1. The number of hydrogen-bond donors (Lipinski definition) is 3. The van der Waals surface area contributed by atoms with Crippen molar-refractivity contribution in [3.8, 4) is 0 Å². The Balaban J connectivity index is 1.64. The van der Waals surface area contributed by atoms with E-state index in [0.717, 1.165) is 29.7 Å². The Hall–Kier alpha value is -3.12. The third kappa shape index (κ3) is 6.74. The van der Waals surface area contributed by atoms with E-state index in [1.54, 1.807) is 0 Å². The van der Waals surface area contributed by atoms with Crippen LogP contribution in [-0.2, 0) is 11.2 Å². The lowest BCUT2D eigenvalue weighted by molar-refractivity contribution is -0.122. The summed E-state index contributed by atoms with van der Waals surface area (Å²) in [5.41, 5.74) is 7.68. The molecule has 30 heavy (non-hydrogen) atoms. The Morgan fingerprint density at radius 3 is 2.20 bits per heavy atom. The first-order valence-corrected chi connectivity index (χ1v) is 11.0. The van der Waals surface area contributed by atoms with Crippen LogP contribution in [0.4, 0.5) is 4.79 Å². The van der Waals surface area contributed by atoms with Crippen LogP contribution in [0.1, 0.15) is 47.4 Å². The number of aryl methyl sites for hydroxylation is 1. The molecule has 3 amide bonds. The predicted molar refractivity (Wildman–Crippen MR) is 121 cm³/mol. The van der Waals surface area contributed by atoms with Gasteiger partial charge in [-0.05, 0) is 41.8 Å². The number of primary amides is 1. The maximum absolute atomic E-state index is 12.8. The number of nitrogens with one attached hydrogen (secondary N) is 2. The second-order valence-corrected chi connectivity index (χ2v) is 8.17. The maximum Gasteiger partial charge on any atom is 0.312 e. The SMILES string of the molecule is NC(=O)NC(CC(=O)NC(CCCc1ccccc1)c1ccccc1)c1cccs1. The minimum Gasteiger partial charge on any atom is -0.352 e. The van der Waals surface area contributed by atoms with Gasteiger partial charge in [-0.2, -0.15) is 0 Å². The number of hydrogen-bond acceptors (Lipinski definition) is 3. The third-order valence-corrected chi connectivity index (χ3v) is 5.92. The van der Waals surface area contributed by atoms with E-state index in [1.165, 1.54) is 16.9 Å². The van der Waals surface area contributed by atoms with Crippen LogP contribution in [0.5, 0.6) is 0 Å². The minimum absolute atomic E-state index is 0.0834. The summed E-state index contributed by atoms with van der Waals surface area (Å²) in [6.07, 6.45) is 2.89. The largest absolute Gasteiger partial charge is 0.352 e.